The van der Waals surface area contributed by atoms with Crippen molar-refractivity contribution >= 4 is 5.78 Å². The Morgan fingerprint density at radius 3 is 2.04 bits per heavy atom. The molecule has 152 valence electrons. The molecule has 2 aliphatic rings. The van der Waals surface area contributed by atoms with Crippen LogP contribution in [0.5, 0.6) is 0 Å². The zero-order valence-electron chi connectivity index (χ0n) is 17.6. The van der Waals surface area contributed by atoms with Crippen LogP contribution in [0.3, 0.4) is 0 Å². The number of fused-ring (bicyclic) bond motifs is 2. The highest BCUT2D eigenvalue weighted by Gasteiger charge is 2.49. The molecule has 0 aromatic heterocycles. The van der Waals surface area contributed by atoms with E-state index in [2.05, 4.69) is 13.8 Å². The summed E-state index contributed by atoms with van der Waals surface area (Å²) in [6.45, 7) is 6.40. The van der Waals surface area contributed by atoms with Crippen molar-refractivity contribution in [2.45, 2.75) is 129 Å². The lowest BCUT2D eigenvalue weighted by atomic mass is 9.70. The Hall–Kier alpha value is -0.410. The number of hydrogen-bond donors (Lipinski definition) is 0. The van der Waals surface area contributed by atoms with Crippen molar-refractivity contribution in [1.29, 1.82) is 0 Å². The number of Topliss-reactive ketones (excluding diaryl/α,β-unsaturated/α-hetero) is 1. The molecule has 3 heteroatoms. The van der Waals surface area contributed by atoms with Gasteiger partial charge in [0.2, 0.25) is 0 Å². The standard InChI is InChI=1S/C23H42O3/c1-4-5-6-7-8-9-10-11-12-13-14-15-16-23(3)20-17-21(24)19(2)22(18-20)25-26-23/h19-20,22H,4-18H2,1-3H3/t19-,20+,22+,23-/m0/s1. The first-order valence-corrected chi connectivity index (χ1v) is 11.4. The minimum atomic E-state index is -0.259. The van der Waals surface area contributed by atoms with E-state index in [0.29, 0.717) is 18.1 Å². The first-order valence-electron chi connectivity index (χ1n) is 11.4. The number of hydrogen-bond acceptors (Lipinski definition) is 3. The maximum atomic E-state index is 12.1. The fraction of sp³-hybridized carbons (Fsp3) is 0.957. The van der Waals surface area contributed by atoms with Crippen LogP contribution < -0.4 is 0 Å². The molecular formula is C23H42O3. The van der Waals surface area contributed by atoms with Gasteiger partial charge in [0.15, 0.2) is 0 Å². The molecule has 2 fully saturated rings. The van der Waals surface area contributed by atoms with Crippen molar-refractivity contribution in [2.24, 2.45) is 11.8 Å². The van der Waals surface area contributed by atoms with Gasteiger partial charge in [-0.1, -0.05) is 90.9 Å². The zero-order valence-corrected chi connectivity index (χ0v) is 17.6. The number of unbranched alkanes of at least 4 members (excludes halogenated alkanes) is 11. The second-order valence-corrected chi connectivity index (χ2v) is 9.06. The normalized spacial score (nSPS) is 31.3. The summed E-state index contributed by atoms with van der Waals surface area (Å²) >= 11 is 0. The molecule has 0 aromatic rings. The Morgan fingerprint density at radius 2 is 1.46 bits per heavy atom. The topological polar surface area (TPSA) is 35.5 Å². The number of rotatable bonds is 13. The van der Waals surface area contributed by atoms with Crippen LogP contribution in [0.4, 0.5) is 0 Å². The van der Waals surface area contributed by atoms with Gasteiger partial charge in [0.25, 0.3) is 0 Å². The predicted molar refractivity (Wildman–Crippen MR) is 107 cm³/mol. The summed E-state index contributed by atoms with van der Waals surface area (Å²) in [7, 11) is 0. The second-order valence-electron chi connectivity index (χ2n) is 9.06. The lowest BCUT2D eigenvalue weighted by molar-refractivity contribution is -0.429. The van der Waals surface area contributed by atoms with Crippen LogP contribution in [0.25, 0.3) is 0 Å². The smallest absolute Gasteiger partial charge is 0.138 e. The monoisotopic (exact) mass is 366 g/mol. The van der Waals surface area contributed by atoms with Gasteiger partial charge < -0.3 is 0 Å². The molecule has 1 heterocycles. The van der Waals surface area contributed by atoms with E-state index in [4.69, 9.17) is 9.78 Å². The summed E-state index contributed by atoms with van der Waals surface area (Å²) in [5, 5.41) is 0. The van der Waals surface area contributed by atoms with Crippen LogP contribution in [0, 0.1) is 11.8 Å². The first-order chi connectivity index (χ1) is 12.6. The second kappa shape index (κ2) is 11.4. The maximum absolute atomic E-state index is 12.1. The average molecular weight is 367 g/mol. The van der Waals surface area contributed by atoms with Gasteiger partial charge in [-0.15, -0.1) is 0 Å². The van der Waals surface area contributed by atoms with Crippen LogP contribution in [0.15, 0.2) is 0 Å². The van der Waals surface area contributed by atoms with E-state index in [1.54, 1.807) is 0 Å². The fourth-order valence-corrected chi connectivity index (χ4v) is 4.59. The van der Waals surface area contributed by atoms with Crippen molar-refractivity contribution in [3.63, 3.8) is 0 Å². The van der Waals surface area contributed by atoms with E-state index < -0.39 is 0 Å². The molecule has 0 aromatic carbocycles. The molecule has 1 aliphatic heterocycles. The summed E-state index contributed by atoms with van der Waals surface area (Å²) in [6.07, 6.45) is 19.1. The number of carbonyl (C=O) groups excluding carboxylic acids is 1. The van der Waals surface area contributed by atoms with Gasteiger partial charge in [0.05, 0.1) is 0 Å². The highest BCUT2D eigenvalue weighted by atomic mass is 17.2. The van der Waals surface area contributed by atoms with Crippen molar-refractivity contribution in [3.8, 4) is 0 Å². The van der Waals surface area contributed by atoms with Gasteiger partial charge in [0, 0.05) is 18.3 Å². The van der Waals surface area contributed by atoms with Crippen LogP contribution >= 0.6 is 0 Å². The molecule has 1 saturated carbocycles. The fourth-order valence-electron chi connectivity index (χ4n) is 4.59. The molecule has 2 rings (SSSR count). The quantitative estimate of drug-likeness (QED) is 0.266. The van der Waals surface area contributed by atoms with Crippen LogP contribution in [-0.4, -0.2) is 17.5 Å². The van der Waals surface area contributed by atoms with E-state index in [-0.39, 0.29) is 17.6 Å². The Labute approximate surface area is 161 Å². The Kier molecular flexibility index (Phi) is 9.63. The largest absolute Gasteiger partial charge is 0.299 e. The maximum Gasteiger partial charge on any atom is 0.138 e. The van der Waals surface area contributed by atoms with Crippen molar-refractivity contribution in [2.75, 3.05) is 0 Å². The molecule has 0 unspecified atom stereocenters. The van der Waals surface area contributed by atoms with Crippen LogP contribution in [-0.2, 0) is 14.6 Å². The third-order valence-corrected chi connectivity index (χ3v) is 6.78. The molecule has 0 spiro atoms. The molecule has 1 aliphatic carbocycles. The first kappa shape index (κ1) is 21.9. The van der Waals surface area contributed by atoms with E-state index in [0.717, 1.165) is 12.8 Å². The summed E-state index contributed by atoms with van der Waals surface area (Å²) in [6, 6.07) is 0. The summed E-state index contributed by atoms with van der Waals surface area (Å²) in [4.78, 5) is 23.5. The SMILES string of the molecule is CCCCCCCCCCCCCC[C@]1(C)OO[C@@H]2C[C@H]1CC(=O)[C@@H]2C. The highest BCUT2D eigenvalue weighted by molar-refractivity contribution is 5.82. The third-order valence-electron chi connectivity index (χ3n) is 6.78. The lowest BCUT2D eigenvalue weighted by Crippen LogP contribution is -2.52. The average Bonchev–Trinajstić information content (AvgIpc) is 2.63. The van der Waals surface area contributed by atoms with Crippen LogP contribution in [0.1, 0.15) is 117 Å². The molecule has 1 saturated heterocycles. The van der Waals surface area contributed by atoms with Crippen molar-refractivity contribution < 1.29 is 14.6 Å². The Bertz CT molecular complexity index is 408. The Balaban J connectivity index is 1.49. The lowest BCUT2D eigenvalue weighted by Gasteiger charge is -2.47. The summed E-state index contributed by atoms with van der Waals surface area (Å²) in [5.41, 5.74) is -0.259. The van der Waals surface area contributed by atoms with E-state index >= 15 is 0 Å². The predicted octanol–water partition coefficient (Wildman–Crippen LogP) is 6.78. The van der Waals surface area contributed by atoms with Crippen LogP contribution in [0.2, 0.25) is 0 Å². The molecule has 26 heavy (non-hydrogen) atoms. The molecule has 0 amide bonds. The van der Waals surface area contributed by atoms with Crippen molar-refractivity contribution in [1.82, 2.24) is 0 Å². The zero-order chi connectivity index (χ0) is 18.8. The van der Waals surface area contributed by atoms with Gasteiger partial charge >= 0.3 is 0 Å². The number of ketones is 1. The van der Waals surface area contributed by atoms with Gasteiger partial charge in [-0.25, -0.2) is 9.78 Å². The molecule has 4 atom stereocenters. The van der Waals surface area contributed by atoms with Gasteiger partial charge in [0.1, 0.15) is 17.5 Å². The van der Waals surface area contributed by atoms with Gasteiger partial charge in [-0.05, 0) is 19.8 Å². The summed E-state index contributed by atoms with van der Waals surface area (Å²) in [5.74, 6) is 0.704. The summed E-state index contributed by atoms with van der Waals surface area (Å²) < 4.78 is 0. The molecule has 2 bridgehead atoms. The van der Waals surface area contributed by atoms with Crippen molar-refractivity contribution in [3.05, 3.63) is 0 Å². The number of carbonyl (C=O) groups is 1. The van der Waals surface area contributed by atoms with E-state index in [1.165, 1.54) is 77.0 Å². The van der Waals surface area contributed by atoms with E-state index in [1.807, 2.05) is 6.92 Å². The van der Waals surface area contributed by atoms with Gasteiger partial charge in [-0.2, -0.15) is 0 Å². The molecule has 0 N–H and O–H groups in total. The molecule has 3 nitrogen and oxygen atoms in total. The van der Waals surface area contributed by atoms with Gasteiger partial charge in [-0.3, -0.25) is 4.79 Å². The molecule has 0 radical (unpaired) electrons. The Morgan fingerprint density at radius 1 is 0.923 bits per heavy atom. The minimum absolute atomic E-state index is 0.00226. The highest BCUT2D eigenvalue weighted by Crippen LogP contribution is 2.44. The third kappa shape index (κ3) is 6.64. The molecular weight excluding hydrogens is 324 g/mol. The minimum Gasteiger partial charge on any atom is -0.299 e. The van der Waals surface area contributed by atoms with E-state index in [9.17, 15) is 4.79 Å².